The SMILES string of the molecule is CC(C)CN(C)C(=O)c1cnc(-c2noc3cc(N4CCN(C)CC4)ccc23)s1. The number of fused-ring (bicyclic) bond motifs is 1. The Morgan fingerprint density at radius 1 is 1.28 bits per heavy atom. The number of nitrogens with zero attached hydrogens (tertiary/aromatic N) is 5. The highest BCUT2D eigenvalue weighted by Crippen LogP contribution is 2.33. The largest absolute Gasteiger partial charge is 0.369 e. The van der Waals surface area contributed by atoms with Gasteiger partial charge in [-0.1, -0.05) is 19.0 Å². The zero-order chi connectivity index (χ0) is 20.5. The van der Waals surface area contributed by atoms with Crippen molar-refractivity contribution in [2.24, 2.45) is 5.92 Å². The lowest BCUT2D eigenvalue weighted by Crippen LogP contribution is -2.44. The number of thiazole rings is 1. The highest BCUT2D eigenvalue weighted by Gasteiger charge is 2.21. The van der Waals surface area contributed by atoms with Gasteiger partial charge in [0.15, 0.2) is 5.58 Å². The van der Waals surface area contributed by atoms with Gasteiger partial charge in [0.2, 0.25) is 0 Å². The molecular formula is C21H27N5O2S. The summed E-state index contributed by atoms with van der Waals surface area (Å²) in [6.07, 6.45) is 1.64. The minimum atomic E-state index is -0.00685. The molecule has 1 amide bonds. The molecule has 0 radical (unpaired) electrons. The zero-order valence-electron chi connectivity index (χ0n) is 17.4. The third kappa shape index (κ3) is 4.13. The van der Waals surface area contributed by atoms with Crippen LogP contribution in [0.25, 0.3) is 21.7 Å². The second kappa shape index (κ2) is 8.12. The molecule has 1 aromatic carbocycles. The van der Waals surface area contributed by atoms with Gasteiger partial charge >= 0.3 is 0 Å². The monoisotopic (exact) mass is 413 g/mol. The summed E-state index contributed by atoms with van der Waals surface area (Å²) in [7, 11) is 3.98. The first-order chi connectivity index (χ1) is 13.9. The molecule has 0 unspecified atom stereocenters. The summed E-state index contributed by atoms with van der Waals surface area (Å²) < 4.78 is 5.61. The Hall–Kier alpha value is -2.45. The average molecular weight is 414 g/mol. The van der Waals surface area contributed by atoms with Crippen LogP contribution in [-0.4, -0.2) is 72.7 Å². The smallest absolute Gasteiger partial charge is 0.265 e. The van der Waals surface area contributed by atoms with Gasteiger partial charge in [-0.2, -0.15) is 0 Å². The molecule has 0 aliphatic carbocycles. The predicted molar refractivity (Wildman–Crippen MR) is 117 cm³/mol. The number of piperazine rings is 1. The van der Waals surface area contributed by atoms with Crippen LogP contribution in [0.4, 0.5) is 5.69 Å². The van der Waals surface area contributed by atoms with Crippen molar-refractivity contribution in [2.75, 3.05) is 51.7 Å². The fourth-order valence-electron chi connectivity index (χ4n) is 3.64. The van der Waals surface area contributed by atoms with Crippen molar-refractivity contribution in [1.82, 2.24) is 19.9 Å². The van der Waals surface area contributed by atoms with Crippen LogP contribution in [0.5, 0.6) is 0 Å². The lowest BCUT2D eigenvalue weighted by molar-refractivity contribution is 0.0783. The molecule has 7 nitrogen and oxygen atoms in total. The molecule has 0 atom stereocenters. The molecule has 1 aliphatic heterocycles. The lowest BCUT2D eigenvalue weighted by atomic mass is 10.1. The van der Waals surface area contributed by atoms with Gasteiger partial charge in [-0.25, -0.2) is 4.98 Å². The number of anilines is 1. The molecule has 1 saturated heterocycles. The topological polar surface area (TPSA) is 65.7 Å². The van der Waals surface area contributed by atoms with Crippen LogP contribution in [0.3, 0.4) is 0 Å². The molecule has 154 valence electrons. The van der Waals surface area contributed by atoms with Gasteiger partial charge in [0.25, 0.3) is 5.91 Å². The number of aromatic nitrogens is 2. The Kier molecular flexibility index (Phi) is 5.56. The Morgan fingerprint density at radius 3 is 2.76 bits per heavy atom. The molecule has 3 heterocycles. The third-order valence-electron chi connectivity index (χ3n) is 5.23. The second-order valence-corrected chi connectivity index (χ2v) is 9.14. The number of benzene rings is 1. The molecule has 29 heavy (non-hydrogen) atoms. The van der Waals surface area contributed by atoms with E-state index in [0.29, 0.717) is 28.0 Å². The number of rotatable bonds is 5. The fraction of sp³-hybridized carbons (Fsp3) is 0.476. The molecule has 0 bridgehead atoms. The van der Waals surface area contributed by atoms with Gasteiger partial charge in [0, 0.05) is 51.5 Å². The van der Waals surface area contributed by atoms with E-state index in [-0.39, 0.29) is 5.91 Å². The Bertz CT molecular complexity index is 1000. The summed E-state index contributed by atoms with van der Waals surface area (Å²) in [5.41, 5.74) is 2.59. The minimum Gasteiger partial charge on any atom is -0.369 e. The quantitative estimate of drug-likeness (QED) is 0.638. The molecule has 1 fully saturated rings. The van der Waals surface area contributed by atoms with Crippen LogP contribution in [0.1, 0.15) is 23.5 Å². The summed E-state index contributed by atoms with van der Waals surface area (Å²) in [4.78, 5) is 24.1. The van der Waals surface area contributed by atoms with Crippen molar-refractivity contribution in [3.63, 3.8) is 0 Å². The highest BCUT2D eigenvalue weighted by atomic mass is 32.1. The van der Waals surface area contributed by atoms with Gasteiger partial charge in [-0.3, -0.25) is 4.79 Å². The average Bonchev–Trinajstić information content (AvgIpc) is 3.33. The van der Waals surface area contributed by atoms with Crippen LogP contribution in [0.15, 0.2) is 28.9 Å². The summed E-state index contributed by atoms with van der Waals surface area (Å²) in [5.74, 6) is 0.415. The van der Waals surface area contributed by atoms with Gasteiger partial charge in [0.05, 0.1) is 11.6 Å². The lowest BCUT2D eigenvalue weighted by Gasteiger charge is -2.33. The number of likely N-dealkylation sites (N-methyl/N-ethyl adjacent to an activating group) is 1. The number of carbonyl (C=O) groups is 1. The van der Waals surface area contributed by atoms with Crippen molar-refractivity contribution in [3.8, 4) is 10.7 Å². The van der Waals surface area contributed by atoms with E-state index >= 15 is 0 Å². The standard InChI is InChI=1S/C21H27N5O2S/c1-14(2)13-25(4)21(27)18-12-22-20(29-18)19-16-6-5-15(11-17(16)28-23-19)26-9-7-24(3)8-10-26/h5-6,11-12,14H,7-10,13H2,1-4H3. The van der Waals surface area contributed by atoms with E-state index < -0.39 is 0 Å². The molecule has 4 rings (SSSR count). The predicted octanol–water partition coefficient (Wildman–Crippen LogP) is 3.43. The van der Waals surface area contributed by atoms with E-state index in [0.717, 1.165) is 42.8 Å². The zero-order valence-corrected chi connectivity index (χ0v) is 18.2. The van der Waals surface area contributed by atoms with Crippen molar-refractivity contribution in [1.29, 1.82) is 0 Å². The van der Waals surface area contributed by atoms with Gasteiger partial charge in [-0.05, 0) is 25.1 Å². The van der Waals surface area contributed by atoms with Crippen LogP contribution in [-0.2, 0) is 0 Å². The Labute approximate surface area is 174 Å². The molecule has 1 aliphatic rings. The van der Waals surface area contributed by atoms with Crippen molar-refractivity contribution in [2.45, 2.75) is 13.8 Å². The number of hydrogen-bond acceptors (Lipinski definition) is 7. The van der Waals surface area contributed by atoms with Crippen molar-refractivity contribution >= 4 is 33.9 Å². The first kappa shape index (κ1) is 19.8. The van der Waals surface area contributed by atoms with E-state index in [2.05, 4.69) is 46.9 Å². The molecule has 0 saturated carbocycles. The van der Waals surface area contributed by atoms with Gasteiger partial charge in [0.1, 0.15) is 15.6 Å². The maximum absolute atomic E-state index is 12.6. The molecule has 0 N–H and O–H groups in total. The fourth-order valence-corrected chi connectivity index (χ4v) is 4.55. The van der Waals surface area contributed by atoms with E-state index in [1.807, 2.05) is 19.2 Å². The normalized spacial score (nSPS) is 15.4. The number of amides is 1. The molecule has 3 aromatic rings. The van der Waals surface area contributed by atoms with E-state index in [4.69, 9.17) is 4.52 Å². The maximum atomic E-state index is 12.6. The first-order valence-electron chi connectivity index (χ1n) is 9.97. The van der Waals surface area contributed by atoms with Crippen LogP contribution in [0, 0.1) is 5.92 Å². The third-order valence-corrected chi connectivity index (χ3v) is 6.22. The highest BCUT2D eigenvalue weighted by molar-refractivity contribution is 7.17. The Morgan fingerprint density at radius 2 is 2.03 bits per heavy atom. The van der Waals surface area contributed by atoms with Gasteiger partial charge in [-0.15, -0.1) is 11.3 Å². The van der Waals surface area contributed by atoms with Crippen LogP contribution in [0.2, 0.25) is 0 Å². The molecule has 2 aromatic heterocycles. The van der Waals surface area contributed by atoms with Crippen molar-refractivity contribution in [3.05, 3.63) is 29.3 Å². The molecule has 0 spiro atoms. The second-order valence-electron chi connectivity index (χ2n) is 8.11. The minimum absolute atomic E-state index is 0.00685. The van der Waals surface area contributed by atoms with E-state index in [1.165, 1.54) is 11.3 Å². The first-order valence-corrected chi connectivity index (χ1v) is 10.8. The number of carbonyl (C=O) groups excluding carboxylic acids is 1. The van der Waals surface area contributed by atoms with Crippen LogP contribution < -0.4 is 4.90 Å². The Balaban J connectivity index is 1.56. The maximum Gasteiger partial charge on any atom is 0.265 e. The molecular weight excluding hydrogens is 386 g/mol. The molecule has 8 heteroatoms. The summed E-state index contributed by atoms with van der Waals surface area (Å²) in [6.45, 7) is 9.03. The van der Waals surface area contributed by atoms with E-state index in [1.54, 1.807) is 11.1 Å². The summed E-state index contributed by atoms with van der Waals surface area (Å²) in [6, 6.07) is 6.21. The summed E-state index contributed by atoms with van der Waals surface area (Å²) in [5, 5.41) is 5.88. The van der Waals surface area contributed by atoms with Crippen LogP contribution >= 0.6 is 11.3 Å². The number of hydrogen-bond donors (Lipinski definition) is 0. The van der Waals surface area contributed by atoms with Gasteiger partial charge < -0.3 is 19.2 Å². The van der Waals surface area contributed by atoms with Crippen molar-refractivity contribution < 1.29 is 9.32 Å². The summed E-state index contributed by atoms with van der Waals surface area (Å²) >= 11 is 1.36. The van der Waals surface area contributed by atoms with E-state index in [9.17, 15) is 4.79 Å².